The lowest BCUT2D eigenvalue weighted by Gasteiger charge is -2.34. The molecule has 0 saturated heterocycles. The van der Waals surface area contributed by atoms with Crippen LogP contribution < -0.4 is 19.7 Å². The Morgan fingerprint density at radius 2 is 1.66 bits per heavy atom. The van der Waals surface area contributed by atoms with Gasteiger partial charge in [-0.2, -0.15) is 0 Å². The lowest BCUT2D eigenvalue weighted by molar-refractivity contribution is -0.125. The second-order valence-corrected chi connectivity index (χ2v) is 8.21. The van der Waals surface area contributed by atoms with Crippen molar-refractivity contribution in [3.05, 3.63) is 47.5 Å². The van der Waals surface area contributed by atoms with E-state index in [1.807, 2.05) is 43.9 Å². The van der Waals surface area contributed by atoms with Crippen molar-refractivity contribution in [3.8, 4) is 11.5 Å². The predicted octanol–water partition coefficient (Wildman–Crippen LogP) is 4.28. The van der Waals surface area contributed by atoms with Crippen LogP contribution in [0.15, 0.2) is 36.4 Å². The van der Waals surface area contributed by atoms with E-state index in [1.54, 1.807) is 32.4 Å². The molecule has 1 aliphatic heterocycles. The third kappa shape index (κ3) is 4.53. The zero-order valence-electron chi connectivity index (χ0n) is 17.7. The van der Waals surface area contributed by atoms with Crippen LogP contribution in [0.4, 0.5) is 11.4 Å². The topological polar surface area (TPSA) is 67.9 Å². The maximum atomic E-state index is 12.8. The van der Waals surface area contributed by atoms with E-state index in [2.05, 4.69) is 5.32 Å². The van der Waals surface area contributed by atoms with E-state index < -0.39 is 5.41 Å². The standard InChI is InChI=1S/C23H28N2O4/c1-23(2,3)22(27)25-10-6-7-15-11-17(8-9-20(15)25)24-21(26)16-12-18(28-4)14-19(13-16)29-5/h8-9,11-14H,6-7,10H2,1-5H3,(H,24,26). The van der Waals surface area contributed by atoms with Crippen molar-refractivity contribution in [2.45, 2.75) is 33.6 Å². The van der Waals surface area contributed by atoms with Gasteiger partial charge in [0, 0.05) is 35.0 Å². The first-order valence-corrected chi connectivity index (χ1v) is 9.72. The van der Waals surface area contributed by atoms with Crippen molar-refractivity contribution < 1.29 is 19.1 Å². The fourth-order valence-electron chi connectivity index (χ4n) is 3.43. The minimum absolute atomic E-state index is 0.110. The number of rotatable bonds is 4. The highest BCUT2D eigenvalue weighted by atomic mass is 16.5. The zero-order valence-corrected chi connectivity index (χ0v) is 17.7. The van der Waals surface area contributed by atoms with Crippen LogP contribution in [0.1, 0.15) is 43.1 Å². The van der Waals surface area contributed by atoms with Gasteiger partial charge in [0.25, 0.3) is 5.91 Å². The van der Waals surface area contributed by atoms with Crippen molar-refractivity contribution in [2.24, 2.45) is 5.41 Å². The molecule has 2 aromatic rings. The summed E-state index contributed by atoms with van der Waals surface area (Å²) in [5.74, 6) is 0.965. The minimum Gasteiger partial charge on any atom is -0.497 e. The molecule has 0 atom stereocenters. The summed E-state index contributed by atoms with van der Waals surface area (Å²) in [6.07, 6.45) is 1.78. The molecule has 1 heterocycles. The van der Waals surface area contributed by atoms with Crippen LogP contribution in [0, 0.1) is 5.41 Å². The van der Waals surface area contributed by atoms with Crippen LogP contribution in [-0.4, -0.2) is 32.6 Å². The lowest BCUT2D eigenvalue weighted by Crippen LogP contribution is -2.42. The number of amides is 2. The van der Waals surface area contributed by atoms with Crippen molar-refractivity contribution in [3.63, 3.8) is 0 Å². The van der Waals surface area contributed by atoms with E-state index in [4.69, 9.17) is 9.47 Å². The van der Waals surface area contributed by atoms with Gasteiger partial charge in [0.05, 0.1) is 14.2 Å². The summed E-state index contributed by atoms with van der Waals surface area (Å²) in [7, 11) is 3.09. The van der Waals surface area contributed by atoms with E-state index in [1.165, 1.54) is 0 Å². The number of carbonyl (C=O) groups excluding carboxylic acids is 2. The Hall–Kier alpha value is -3.02. The van der Waals surface area contributed by atoms with Gasteiger partial charge in [-0.3, -0.25) is 9.59 Å². The SMILES string of the molecule is COc1cc(OC)cc(C(=O)Nc2ccc3c(c2)CCCN3C(=O)C(C)(C)C)c1. The van der Waals surface area contributed by atoms with Gasteiger partial charge in [-0.1, -0.05) is 20.8 Å². The Labute approximate surface area is 171 Å². The van der Waals surface area contributed by atoms with E-state index >= 15 is 0 Å². The van der Waals surface area contributed by atoms with E-state index in [0.717, 1.165) is 30.6 Å². The van der Waals surface area contributed by atoms with Gasteiger partial charge in [-0.15, -0.1) is 0 Å². The molecule has 2 aromatic carbocycles. The molecule has 6 heteroatoms. The second-order valence-electron chi connectivity index (χ2n) is 8.21. The normalized spacial score (nSPS) is 13.5. The largest absolute Gasteiger partial charge is 0.497 e. The molecule has 2 amide bonds. The molecule has 3 rings (SSSR count). The van der Waals surface area contributed by atoms with Crippen molar-refractivity contribution in [1.82, 2.24) is 0 Å². The number of hydrogen-bond donors (Lipinski definition) is 1. The Balaban J connectivity index is 1.83. The van der Waals surface area contributed by atoms with E-state index in [0.29, 0.717) is 22.7 Å². The summed E-state index contributed by atoms with van der Waals surface area (Å²) in [5.41, 5.74) is 2.70. The number of ether oxygens (including phenoxy) is 2. The van der Waals surface area contributed by atoms with Gasteiger partial charge in [0.15, 0.2) is 0 Å². The predicted molar refractivity (Wildman–Crippen MR) is 114 cm³/mol. The Morgan fingerprint density at radius 1 is 1.00 bits per heavy atom. The van der Waals surface area contributed by atoms with E-state index in [-0.39, 0.29) is 11.8 Å². The average molecular weight is 396 g/mol. The third-order valence-corrected chi connectivity index (χ3v) is 4.96. The molecule has 0 aliphatic carbocycles. The smallest absolute Gasteiger partial charge is 0.255 e. The van der Waals surface area contributed by atoms with E-state index in [9.17, 15) is 9.59 Å². The number of aryl methyl sites for hydroxylation is 1. The number of benzene rings is 2. The maximum Gasteiger partial charge on any atom is 0.255 e. The van der Waals surface area contributed by atoms with Gasteiger partial charge in [0.2, 0.25) is 5.91 Å². The molecule has 1 N–H and O–H groups in total. The van der Waals surface area contributed by atoms with Crippen LogP contribution in [0.2, 0.25) is 0 Å². The second kappa shape index (κ2) is 8.15. The molecular weight excluding hydrogens is 368 g/mol. The summed E-state index contributed by atoms with van der Waals surface area (Å²) < 4.78 is 10.5. The summed E-state index contributed by atoms with van der Waals surface area (Å²) in [4.78, 5) is 27.4. The summed E-state index contributed by atoms with van der Waals surface area (Å²) in [5, 5.41) is 2.93. The van der Waals surface area contributed by atoms with Gasteiger partial charge in [-0.05, 0) is 48.7 Å². The first-order chi connectivity index (χ1) is 13.7. The molecular formula is C23H28N2O4. The van der Waals surface area contributed by atoms with Gasteiger partial charge < -0.3 is 19.7 Å². The minimum atomic E-state index is -0.438. The summed E-state index contributed by atoms with van der Waals surface area (Å²) >= 11 is 0. The fourth-order valence-corrected chi connectivity index (χ4v) is 3.43. The highest BCUT2D eigenvalue weighted by molar-refractivity contribution is 6.05. The number of anilines is 2. The number of methoxy groups -OCH3 is 2. The Bertz CT molecular complexity index is 909. The third-order valence-electron chi connectivity index (χ3n) is 4.96. The van der Waals surface area contributed by atoms with Crippen LogP contribution in [0.25, 0.3) is 0 Å². The summed E-state index contributed by atoms with van der Waals surface area (Å²) in [6.45, 7) is 6.51. The molecule has 0 saturated carbocycles. The maximum absolute atomic E-state index is 12.8. The molecule has 0 aromatic heterocycles. The van der Waals surface area contributed by atoms with Crippen LogP contribution in [-0.2, 0) is 11.2 Å². The first kappa shape index (κ1) is 20.7. The first-order valence-electron chi connectivity index (χ1n) is 9.72. The number of fused-ring (bicyclic) bond motifs is 1. The molecule has 154 valence electrons. The molecule has 0 spiro atoms. The monoisotopic (exact) mass is 396 g/mol. The molecule has 6 nitrogen and oxygen atoms in total. The molecule has 0 radical (unpaired) electrons. The van der Waals surface area contributed by atoms with Crippen molar-refractivity contribution in [1.29, 1.82) is 0 Å². The number of hydrogen-bond acceptors (Lipinski definition) is 4. The molecule has 1 aliphatic rings. The van der Waals surface area contributed by atoms with Gasteiger partial charge in [0.1, 0.15) is 11.5 Å². The van der Waals surface area contributed by atoms with Crippen LogP contribution in [0.5, 0.6) is 11.5 Å². The molecule has 29 heavy (non-hydrogen) atoms. The molecule has 0 fully saturated rings. The highest BCUT2D eigenvalue weighted by Crippen LogP contribution is 2.33. The van der Waals surface area contributed by atoms with Crippen molar-refractivity contribution >= 4 is 23.2 Å². The lowest BCUT2D eigenvalue weighted by atomic mass is 9.92. The summed E-state index contributed by atoms with van der Waals surface area (Å²) in [6, 6.07) is 10.8. The number of carbonyl (C=O) groups is 2. The zero-order chi connectivity index (χ0) is 21.2. The van der Waals surface area contributed by atoms with Crippen LogP contribution >= 0.6 is 0 Å². The fraction of sp³-hybridized carbons (Fsp3) is 0.391. The highest BCUT2D eigenvalue weighted by Gasteiger charge is 2.31. The van der Waals surface area contributed by atoms with Crippen molar-refractivity contribution in [2.75, 3.05) is 31.0 Å². The van der Waals surface area contributed by atoms with Gasteiger partial charge >= 0.3 is 0 Å². The Morgan fingerprint density at radius 3 is 2.24 bits per heavy atom. The molecule has 0 bridgehead atoms. The number of nitrogens with one attached hydrogen (secondary N) is 1. The Kier molecular flexibility index (Phi) is 5.82. The number of nitrogens with zero attached hydrogens (tertiary/aromatic N) is 1. The quantitative estimate of drug-likeness (QED) is 0.838. The molecule has 0 unspecified atom stereocenters. The average Bonchev–Trinajstić information content (AvgIpc) is 2.71. The van der Waals surface area contributed by atoms with Crippen LogP contribution in [0.3, 0.4) is 0 Å². The van der Waals surface area contributed by atoms with Gasteiger partial charge in [-0.25, -0.2) is 0 Å².